The molecule has 0 saturated heterocycles. The minimum atomic E-state index is 0. The zero-order valence-electron chi connectivity index (χ0n) is 2.11. The van der Waals surface area contributed by atoms with Crippen molar-refractivity contribution in [3.05, 3.63) is 0 Å². The first-order valence-electron chi connectivity index (χ1n) is 0. The Morgan fingerprint density at radius 2 is 1.00 bits per heavy atom. The first-order valence-corrected chi connectivity index (χ1v) is 0. The van der Waals surface area contributed by atoms with Crippen LogP contribution in [-0.4, -0.2) is 60.6 Å². The molecular formula is HAlCaFO+3. The number of rotatable bonds is 0. The van der Waals surface area contributed by atoms with E-state index in [0.717, 1.165) is 0 Å². The molecular weight excluding hydrogens is 102 g/mol. The largest absolute Gasteiger partial charge is 3.00 e. The quantitative estimate of drug-likeness (QED) is 0.288. The third kappa shape index (κ3) is 9.36. The second-order valence-electron chi connectivity index (χ2n) is 0. The van der Waals surface area contributed by atoms with Gasteiger partial charge in [0.2, 0.25) is 0 Å². The zero-order valence-corrected chi connectivity index (χ0v) is 5.47. The molecule has 0 unspecified atom stereocenters. The van der Waals surface area contributed by atoms with Crippen molar-refractivity contribution in [1.82, 2.24) is 0 Å². The van der Waals surface area contributed by atoms with E-state index in [4.69, 9.17) is 0 Å². The third-order valence-corrected chi connectivity index (χ3v) is 0. The Labute approximate surface area is 64.6 Å². The van der Waals surface area contributed by atoms with Crippen LogP contribution in [0.3, 0.4) is 0 Å². The summed E-state index contributed by atoms with van der Waals surface area (Å²) in [7, 11) is 0. The van der Waals surface area contributed by atoms with Crippen molar-refractivity contribution in [3.63, 3.8) is 0 Å². The van der Waals surface area contributed by atoms with Gasteiger partial charge < -0.3 is 10.2 Å². The molecule has 0 spiro atoms. The van der Waals surface area contributed by atoms with E-state index in [0.29, 0.717) is 0 Å². The maximum atomic E-state index is 0. The summed E-state index contributed by atoms with van der Waals surface area (Å²) in [6.07, 6.45) is 0. The van der Waals surface area contributed by atoms with Gasteiger partial charge in [-0.05, 0) is 0 Å². The summed E-state index contributed by atoms with van der Waals surface area (Å²) in [5, 5.41) is 0. The molecule has 0 atom stereocenters. The average Bonchev–Trinajstić information content (AvgIpc) is 0. The Morgan fingerprint density at radius 1 is 1.00 bits per heavy atom. The molecule has 4 heavy (non-hydrogen) atoms. The molecule has 1 nitrogen and oxygen atoms in total. The maximum Gasteiger partial charge on any atom is 3.00 e. The molecule has 0 fully saturated rings. The van der Waals surface area contributed by atoms with Gasteiger partial charge in [-0.15, -0.1) is 0 Å². The molecule has 16 valence electrons. The van der Waals surface area contributed by atoms with Gasteiger partial charge in [-0.25, -0.2) is 0 Å². The van der Waals surface area contributed by atoms with Gasteiger partial charge in [0.15, 0.2) is 0 Å². The van der Waals surface area contributed by atoms with Crippen LogP contribution in [0.1, 0.15) is 0 Å². The molecule has 0 aliphatic rings. The van der Waals surface area contributed by atoms with Crippen molar-refractivity contribution in [1.29, 1.82) is 0 Å². The van der Waals surface area contributed by atoms with Crippen LogP contribution in [0.4, 0.5) is 0 Å². The standard InChI is InChI=1S/Al.Ca.FH.H2O/h;;1H;1H2/q+3;+2;;/p-2. The van der Waals surface area contributed by atoms with Crippen molar-refractivity contribution in [2.24, 2.45) is 0 Å². The fourth-order valence-electron chi connectivity index (χ4n) is 0. The summed E-state index contributed by atoms with van der Waals surface area (Å²) >= 11 is 0. The van der Waals surface area contributed by atoms with Crippen molar-refractivity contribution >= 4 is 55.1 Å². The Bertz CT molecular complexity index is 8.00. The van der Waals surface area contributed by atoms with E-state index in [2.05, 4.69) is 0 Å². The smallest absolute Gasteiger partial charge is 1.00 e. The summed E-state index contributed by atoms with van der Waals surface area (Å²) in [6, 6.07) is 0. The van der Waals surface area contributed by atoms with Crippen molar-refractivity contribution in [3.8, 4) is 0 Å². The van der Waals surface area contributed by atoms with Gasteiger partial charge in [0.25, 0.3) is 0 Å². The minimum absolute atomic E-state index is 0. The van der Waals surface area contributed by atoms with E-state index in [1.54, 1.807) is 0 Å². The number of hydrogen-bond acceptors (Lipinski definition) is 1. The first kappa shape index (κ1) is 44.0. The predicted molar refractivity (Wildman–Crippen MR) is 13.4 cm³/mol. The van der Waals surface area contributed by atoms with Crippen LogP contribution < -0.4 is 4.70 Å². The third-order valence-electron chi connectivity index (χ3n) is 0. The normalized spacial score (nSPS) is 0. The van der Waals surface area contributed by atoms with E-state index < -0.39 is 0 Å². The maximum absolute atomic E-state index is 0. The van der Waals surface area contributed by atoms with Crippen molar-refractivity contribution in [2.75, 3.05) is 0 Å². The minimum Gasteiger partial charge on any atom is -1.00 e. The Hall–Kier alpha value is 1.68. The molecule has 0 saturated carbocycles. The summed E-state index contributed by atoms with van der Waals surface area (Å²) in [5.74, 6) is 0. The number of halogens is 1. The van der Waals surface area contributed by atoms with Gasteiger partial charge in [0.1, 0.15) is 0 Å². The van der Waals surface area contributed by atoms with Crippen LogP contribution in [0.5, 0.6) is 0 Å². The number of hydrogen-bond donors (Lipinski definition) is 0. The van der Waals surface area contributed by atoms with E-state index >= 15 is 0 Å². The van der Waals surface area contributed by atoms with Gasteiger partial charge in [0, 0.05) is 0 Å². The zero-order chi connectivity index (χ0) is 0. The molecule has 0 radical (unpaired) electrons. The summed E-state index contributed by atoms with van der Waals surface area (Å²) in [6.45, 7) is 0. The average molecular weight is 103 g/mol. The Morgan fingerprint density at radius 3 is 1.00 bits per heavy atom. The van der Waals surface area contributed by atoms with Crippen molar-refractivity contribution < 1.29 is 10.2 Å². The Balaban J connectivity index is 0. The summed E-state index contributed by atoms with van der Waals surface area (Å²) < 4.78 is 0. The first-order chi connectivity index (χ1) is 0. The monoisotopic (exact) mass is 103 g/mol. The molecule has 0 aromatic heterocycles. The van der Waals surface area contributed by atoms with E-state index in [1.165, 1.54) is 0 Å². The second-order valence-corrected chi connectivity index (χ2v) is 0. The molecule has 0 rings (SSSR count). The molecule has 0 aromatic carbocycles. The van der Waals surface area contributed by atoms with Gasteiger partial charge in [-0.2, -0.15) is 0 Å². The van der Waals surface area contributed by atoms with Crippen LogP contribution in [-0.2, 0) is 0 Å². The van der Waals surface area contributed by atoms with Crippen LogP contribution in [0, 0.1) is 0 Å². The molecule has 4 heteroatoms. The second kappa shape index (κ2) is 22.4. The Kier molecular flexibility index (Phi) is 247. The molecule has 0 amide bonds. The van der Waals surface area contributed by atoms with Crippen molar-refractivity contribution in [2.45, 2.75) is 0 Å². The van der Waals surface area contributed by atoms with Crippen LogP contribution in [0.2, 0.25) is 0 Å². The van der Waals surface area contributed by atoms with Crippen LogP contribution in [0.25, 0.3) is 0 Å². The topological polar surface area (TPSA) is 30.0 Å². The fraction of sp³-hybridized carbons (Fsp3) is 0. The fourth-order valence-corrected chi connectivity index (χ4v) is 0. The van der Waals surface area contributed by atoms with E-state index in [9.17, 15) is 0 Å². The van der Waals surface area contributed by atoms with Gasteiger partial charge >= 0.3 is 55.1 Å². The molecule has 0 heterocycles. The van der Waals surface area contributed by atoms with Gasteiger partial charge in [-0.1, -0.05) is 0 Å². The predicted octanol–water partition coefficient (Wildman–Crippen LogP) is -3.93. The molecule has 0 aromatic rings. The SMILES string of the molecule is [Al+3].[Ca+2].[F-].[OH-]. The van der Waals surface area contributed by atoms with Crippen LogP contribution in [0.15, 0.2) is 0 Å². The van der Waals surface area contributed by atoms with E-state index in [-0.39, 0.29) is 65.3 Å². The molecule has 0 aliphatic carbocycles. The molecule has 0 bridgehead atoms. The molecule has 1 N–H and O–H groups in total. The summed E-state index contributed by atoms with van der Waals surface area (Å²) in [5.41, 5.74) is 0. The van der Waals surface area contributed by atoms with Crippen LogP contribution >= 0.6 is 0 Å². The van der Waals surface area contributed by atoms with Gasteiger partial charge in [-0.3, -0.25) is 0 Å². The molecule has 0 aliphatic heterocycles. The van der Waals surface area contributed by atoms with E-state index in [1.807, 2.05) is 0 Å². The summed E-state index contributed by atoms with van der Waals surface area (Å²) in [4.78, 5) is 0. The van der Waals surface area contributed by atoms with Gasteiger partial charge in [0.05, 0.1) is 0 Å².